The molecule has 2 heteroatoms. The number of amidine groups is 1. The van der Waals surface area contributed by atoms with Crippen LogP contribution in [0.15, 0.2) is 0 Å². The van der Waals surface area contributed by atoms with E-state index in [1.54, 1.807) is 0 Å². The van der Waals surface area contributed by atoms with Crippen LogP contribution in [0.2, 0.25) is 0 Å². The Bertz CT molecular complexity index is 131. The van der Waals surface area contributed by atoms with Crippen LogP contribution in [-0.4, -0.2) is 12.4 Å². The van der Waals surface area contributed by atoms with Crippen molar-refractivity contribution in [2.75, 3.05) is 6.54 Å². The summed E-state index contributed by atoms with van der Waals surface area (Å²) < 4.78 is 0. The van der Waals surface area contributed by atoms with Crippen LogP contribution in [-0.2, 0) is 0 Å². The predicted octanol–water partition coefficient (Wildman–Crippen LogP) is 1.62. The van der Waals surface area contributed by atoms with Crippen LogP contribution in [0, 0.1) is 17.2 Å². The van der Waals surface area contributed by atoms with Crippen molar-refractivity contribution < 1.29 is 0 Å². The van der Waals surface area contributed by atoms with Crippen LogP contribution in [0.25, 0.3) is 0 Å². The lowest BCUT2D eigenvalue weighted by Gasteiger charge is -2.08. The molecule has 2 atom stereocenters. The Balaban J connectivity index is 2.46. The van der Waals surface area contributed by atoms with Crippen molar-refractivity contribution in [3.8, 4) is 0 Å². The third-order valence-electron chi connectivity index (χ3n) is 2.02. The highest BCUT2D eigenvalue weighted by Crippen LogP contribution is 2.17. The molecule has 1 fully saturated rings. The molecule has 2 unspecified atom stereocenters. The quantitative estimate of drug-likeness (QED) is 0.527. The zero-order chi connectivity index (χ0) is 7.56. The van der Waals surface area contributed by atoms with Crippen molar-refractivity contribution in [2.45, 2.75) is 26.7 Å². The highest BCUT2D eigenvalue weighted by molar-refractivity contribution is 5.79. The largest absolute Gasteiger partial charge is 0.374 e. The zero-order valence-corrected chi connectivity index (χ0v) is 6.78. The second-order valence-electron chi connectivity index (χ2n) is 3.51. The summed E-state index contributed by atoms with van der Waals surface area (Å²) in [6.45, 7) is 5.45. The summed E-state index contributed by atoms with van der Waals surface area (Å²) in [5, 5.41) is 10.5. The Kier molecular flexibility index (Phi) is 2.30. The molecule has 0 bridgehead atoms. The van der Waals surface area contributed by atoms with Crippen LogP contribution in [0.4, 0.5) is 0 Å². The molecule has 0 aromatic rings. The molecule has 1 aliphatic heterocycles. The van der Waals surface area contributed by atoms with Gasteiger partial charge < -0.3 is 5.32 Å². The molecule has 0 aliphatic carbocycles. The molecule has 58 valence electrons. The van der Waals surface area contributed by atoms with Gasteiger partial charge in [0, 0.05) is 13.0 Å². The molecule has 1 rings (SSSR count). The summed E-state index contributed by atoms with van der Waals surface area (Å²) in [4.78, 5) is 0. The van der Waals surface area contributed by atoms with E-state index >= 15 is 0 Å². The van der Waals surface area contributed by atoms with E-state index in [-0.39, 0.29) is 0 Å². The number of hydrogen-bond acceptors (Lipinski definition) is 1. The molecule has 0 aromatic carbocycles. The molecular weight excluding hydrogens is 124 g/mol. The maximum Gasteiger partial charge on any atom is 0.0934 e. The lowest BCUT2D eigenvalue weighted by molar-refractivity contribution is 0.443. The molecule has 1 aliphatic rings. The maximum absolute atomic E-state index is 7.44. The van der Waals surface area contributed by atoms with Gasteiger partial charge in [0.1, 0.15) is 0 Å². The fourth-order valence-corrected chi connectivity index (χ4v) is 1.57. The van der Waals surface area contributed by atoms with Gasteiger partial charge in [0.05, 0.1) is 5.84 Å². The topological polar surface area (TPSA) is 35.9 Å². The van der Waals surface area contributed by atoms with Gasteiger partial charge in [-0.05, 0) is 18.3 Å². The van der Waals surface area contributed by atoms with Crippen LogP contribution in [0.3, 0.4) is 0 Å². The van der Waals surface area contributed by atoms with E-state index in [1.165, 1.54) is 6.42 Å². The molecule has 1 heterocycles. The van der Waals surface area contributed by atoms with Crippen molar-refractivity contribution in [1.29, 1.82) is 5.41 Å². The van der Waals surface area contributed by atoms with Gasteiger partial charge in [-0.1, -0.05) is 13.8 Å². The first-order valence-electron chi connectivity index (χ1n) is 3.99. The van der Waals surface area contributed by atoms with Crippen LogP contribution in [0.5, 0.6) is 0 Å². The normalized spacial score (nSPS) is 34.8. The molecule has 1 saturated heterocycles. The molecule has 10 heavy (non-hydrogen) atoms. The van der Waals surface area contributed by atoms with Crippen molar-refractivity contribution in [2.24, 2.45) is 11.8 Å². The van der Waals surface area contributed by atoms with Gasteiger partial charge in [-0.25, -0.2) is 0 Å². The standard InChI is InChI=1S/C8H16N2/c1-6-3-7(2)5-10-8(9)4-6/h6-7H,3-5H2,1-2H3,(H2,9,10). The highest BCUT2D eigenvalue weighted by atomic mass is 14.9. The number of hydrogen-bond donors (Lipinski definition) is 2. The van der Waals surface area contributed by atoms with Crippen LogP contribution in [0.1, 0.15) is 26.7 Å². The Labute approximate surface area is 62.5 Å². The third kappa shape index (κ3) is 2.01. The SMILES string of the molecule is CC1CNC(=N)CC(C)C1. The third-order valence-corrected chi connectivity index (χ3v) is 2.02. The summed E-state index contributed by atoms with van der Waals surface area (Å²) in [6, 6.07) is 0. The summed E-state index contributed by atoms with van der Waals surface area (Å²) >= 11 is 0. The summed E-state index contributed by atoms with van der Waals surface area (Å²) in [6.07, 6.45) is 2.19. The van der Waals surface area contributed by atoms with Gasteiger partial charge in [-0.15, -0.1) is 0 Å². The van der Waals surface area contributed by atoms with Gasteiger partial charge in [0.15, 0.2) is 0 Å². The minimum Gasteiger partial charge on any atom is -0.374 e. The number of nitrogens with one attached hydrogen (secondary N) is 2. The maximum atomic E-state index is 7.44. The van der Waals surface area contributed by atoms with Gasteiger partial charge in [0.25, 0.3) is 0 Å². The lowest BCUT2D eigenvalue weighted by atomic mass is 9.97. The highest BCUT2D eigenvalue weighted by Gasteiger charge is 2.15. The average Bonchev–Trinajstić information content (AvgIpc) is 1.93. The minimum atomic E-state index is 0.692. The van der Waals surface area contributed by atoms with Gasteiger partial charge >= 0.3 is 0 Å². The molecule has 0 amide bonds. The van der Waals surface area contributed by atoms with E-state index in [0.29, 0.717) is 5.92 Å². The molecule has 0 spiro atoms. The average molecular weight is 140 g/mol. The first-order chi connectivity index (χ1) is 4.68. The van der Waals surface area contributed by atoms with Gasteiger partial charge in [-0.3, -0.25) is 5.41 Å². The van der Waals surface area contributed by atoms with E-state index in [0.717, 1.165) is 24.7 Å². The molecule has 0 saturated carbocycles. The first-order valence-corrected chi connectivity index (χ1v) is 3.99. The smallest absolute Gasteiger partial charge is 0.0934 e. The molecule has 2 N–H and O–H groups in total. The Morgan fingerprint density at radius 3 is 2.80 bits per heavy atom. The Morgan fingerprint density at radius 1 is 1.40 bits per heavy atom. The second-order valence-corrected chi connectivity index (χ2v) is 3.51. The van der Waals surface area contributed by atoms with Crippen molar-refractivity contribution in [3.63, 3.8) is 0 Å². The molecular formula is C8H16N2. The summed E-state index contributed by atoms with van der Waals surface area (Å²) in [5.74, 6) is 2.15. The van der Waals surface area contributed by atoms with E-state index in [1.807, 2.05) is 0 Å². The van der Waals surface area contributed by atoms with Crippen LogP contribution < -0.4 is 5.32 Å². The van der Waals surface area contributed by atoms with Crippen LogP contribution >= 0.6 is 0 Å². The Morgan fingerprint density at radius 2 is 2.10 bits per heavy atom. The Hall–Kier alpha value is -0.530. The van der Waals surface area contributed by atoms with Gasteiger partial charge in [0.2, 0.25) is 0 Å². The predicted molar refractivity (Wildman–Crippen MR) is 43.3 cm³/mol. The van der Waals surface area contributed by atoms with E-state index in [4.69, 9.17) is 5.41 Å². The van der Waals surface area contributed by atoms with Crippen molar-refractivity contribution >= 4 is 5.84 Å². The van der Waals surface area contributed by atoms with E-state index in [9.17, 15) is 0 Å². The fourth-order valence-electron chi connectivity index (χ4n) is 1.57. The summed E-state index contributed by atoms with van der Waals surface area (Å²) in [5.41, 5.74) is 0. The number of rotatable bonds is 0. The van der Waals surface area contributed by atoms with Gasteiger partial charge in [-0.2, -0.15) is 0 Å². The van der Waals surface area contributed by atoms with E-state index < -0.39 is 0 Å². The zero-order valence-electron chi connectivity index (χ0n) is 6.78. The molecule has 2 nitrogen and oxygen atoms in total. The second kappa shape index (κ2) is 3.04. The monoisotopic (exact) mass is 140 g/mol. The minimum absolute atomic E-state index is 0.692. The fraction of sp³-hybridized carbons (Fsp3) is 0.875. The lowest BCUT2D eigenvalue weighted by Crippen LogP contribution is -2.24. The van der Waals surface area contributed by atoms with E-state index in [2.05, 4.69) is 19.2 Å². The molecule has 0 radical (unpaired) electrons. The summed E-state index contributed by atoms with van der Waals surface area (Å²) in [7, 11) is 0. The van der Waals surface area contributed by atoms with Crippen molar-refractivity contribution in [1.82, 2.24) is 5.32 Å². The molecule has 0 aromatic heterocycles. The van der Waals surface area contributed by atoms with Crippen molar-refractivity contribution in [3.05, 3.63) is 0 Å². The first kappa shape index (κ1) is 7.58.